The Hall–Kier alpha value is -1.28. The minimum absolute atomic E-state index is 0.481. The van der Waals surface area contributed by atoms with Crippen LogP contribution in [-0.4, -0.2) is 40.0 Å². The molecule has 0 amide bonds. The quantitative estimate of drug-likeness (QED) is 0.757. The highest BCUT2D eigenvalue weighted by molar-refractivity contribution is 6.33. The second-order valence-electron chi connectivity index (χ2n) is 4.92. The number of halogens is 1. The molecule has 0 bridgehead atoms. The van der Waals surface area contributed by atoms with Crippen LogP contribution in [0.4, 0.5) is 5.69 Å². The molecular formula is C15H19ClN2O2. The molecule has 1 unspecified atom stereocenters. The summed E-state index contributed by atoms with van der Waals surface area (Å²) in [6.07, 6.45) is 1.06. The molecular weight excluding hydrogens is 276 g/mol. The van der Waals surface area contributed by atoms with Gasteiger partial charge in [-0.3, -0.25) is 0 Å². The van der Waals surface area contributed by atoms with Crippen LogP contribution in [0.15, 0.2) is 18.2 Å². The highest BCUT2D eigenvalue weighted by Gasteiger charge is 2.25. The number of nitrogens with zero attached hydrogens (tertiary/aromatic N) is 2. The van der Waals surface area contributed by atoms with Gasteiger partial charge in [0.1, 0.15) is 6.07 Å². The third kappa shape index (κ3) is 3.63. The van der Waals surface area contributed by atoms with Crippen molar-refractivity contribution in [3.05, 3.63) is 28.8 Å². The van der Waals surface area contributed by atoms with Gasteiger partial charge in [-0.25, -0.2) is 0 Å². The van der Waals surface area contributed by atoms with Crippen LogP contribution >= 0.6 is 11.6 Å². The van der Waals surface area contributed by atoms with Crippen LogP contribution in [0, 0.1) is 17.2 Å². The molecule has 4 nitrogen and oxygen atoms in total. The molecule has 0 spiro atoms. The monoisotopic (exact) mass is 294 g/mol. The van der Waals surface area contributed by atoms with Crippen molar-refractivity contribution in [3.8, 4) is 6.07 Å². The van der Waals surface area contributed by atoms with Crippen LogP contribution in [0.2, 0.25) is 5.02 Å². The topological polar surface area (TPSA) is 45.5 Å². The molecule has 108 valence electrons. The Morgan fingerprint density at radius 1 is 1.45 bits per heavy atom. The average Bonchev–Trinajstić information content (AvgIpc) is 2.91. The van der Waals surface area contributed by atoms with E-state index in [4.69, 9.17) is 21.1 Å². The van der Waals surface area contributed by atoms with E-state index >= 15 is 0 Å². The van der Waals surface area contributed by atoms with Crippen molar-refractivity contribution < 1.29 is 9.47 Å². The number of rotatable bonds is 6. The first kappa shape index (κ1) is 15.1. The Kier molecular flexibility index (Phi) is 5.66. The Morgan fingerprint density at radius 3 is 3.05 bits per heavy atom. The Balaban J connectivity index is 1.95. The molecule has 5 heteroatoms. The first-order valence-electron chi connectivity index (χ1n) is 6.76. The lowest BCUT2D eigenvalue weighted by Gasteiger charge is -2.21. The molecule has 1 aromatic carbocycles. The van der Waals surface area contributed by atoms with E-state index < -0.39 is 0 Å². The largest absolute Gasteiger partial charge is 0.382 e. The molecule has 2 rings (SSSR count). The standard InChI is InChI=1S/C15H19ClN2O2/c1-19-7-8-20-11-12-5-6-18(10-12)15-13(9-17)3-2-4-14(15)16/h2-4,12H,5-8,10-11H2,1H3. The van der Waals surface area contributed by atoms with E-state index in [0.29, 0.717) is 29.7 Å². The molecule has 1 aliphatic rings. The van der Waals surface area contributed by atoms with Gasteiger partial charge in [-0.05, 0) is 18.6 Å². The van der Waals surface area contributed by atoms with Crippen molar-refractivity contribution in [1.82, 2.24) is 0 Å². The molecule has 0 radical (unpaired) electrons. The fourth-order valence-corrected chi connectivity index (χ4v) is 2.79. The highest BCUT2D eigenvalue weighted by atomic mass is 35.5. The Morgan fingerprint density at radius 2 is 2.30 bits per heavy atom. The summed E-state index contributed by atoms with van der Waals surface area (Å²) in [6, 6.07) is 7.67. The van der Waals surface area contributed by atoms with Gasteiger partial charge in [0.25, 0.3) is 0 Å². The van der Waals surface area contributed by atoms with E-state index in [1.165, 1.54) is 0 Å². The van der Waals surface area contributed by atoms with Crippen LogP contribution in [-0.2, 0) is 9.47 Å². The van der Waals surface area contributed by atoms with Crippen LogP contribution in [0.5, 0.6) is 0 Å². The Labute approximate surface area is 124 Å². The summed E-state index contributed by atoms with van der Waals surface area (Å²) in [7, 11) is 1.67. The summed E-state index contributed by atoms with van der Waals surface area (Å²) in [4.78, 5) is 2.19. The van der Waals surface area contributed by atoms with Crippen molar-refractivity contribution >= 4 is 17.3 Å². The zero-order valence-corrected chi connectivity index (χ0v) is 12.4. The van der Waals surface area contributed by atoms with Gasteiger partial charge < -0.3 is 14.4 Å². The van der Waals surface area contributed by atoms with E-state index in [2.05, 4.69) is 11.0 Å². The molecule has 20 heavy (non-hydrogen) atoms. The lowest BCUT2D eigenvalue weighted by atomic mass is 10.1. The normalized spacial score (nSPS) is 18.2. The van der Waals surface area contributed by atoms with Gasteiger partial charge in [-0.15, -0.1) is 0 Å². The minimum atomic E-state index is 0.481. The van der Waals surface area contributed by atoms with E-state index in [1.54, 1.807) is 7.11 Å². The van der Waals surface area contributed by atoms with Crippen molar-refractivity contribution in [3.63, 3.8) is 0 Å². The predicted octanol–water partition coefficient (Wildman–Crippen LogP) is 2.70. The maximum absolute atomic E-state index is 9.20. The molecule has 0 aromatic heterocycles. The fraction of sp³-hybridized carbons (Fsp3) is 0.533. The number of hydrogen-bond acceptors (Lipinski definition) is 4. The number of para-hydroxylation sites is 1. The average molecular weight is 295 g/mol. The zero-order chi connectivity index (χ0) is 14.4. The Bertz CT molecular complexity index is 487. The van der Waals surface area contributed by atoms with Crippen molar-refractivity contribution in [2.75, 3.05) is 44.9 Å². The SMILES string of the molecule is COCCOCC1CCN(c2c(Cl)cccc2C#N)C1. The van der Waals surface area contributed by atoms with Crippen molar-refractivity contribution in [1.29, 1.82) is 5.26 Å². The van der Waals surface area contributed by atoms with E-state index in [0.717, 1.165) is 31.8 Å². The summed E-state index contributed by atoms with van der Waals surface area (Å²) >= 11 is 6.24. The maximum atomic E-state index is 9.20. The van der Waals surface area contributed by atoms with E-state index in [1.807, 2.05) is 18.2 Å². The summed E-state index contributed by atoms with van der Waals surface area (Å²) in [5.74, 6) is 0.481. The van der Waals surface area contributed by atoms with E-state index in [9.17, 15) is 5.26 Å². The molecule has 1 saturated heterocycles. The van der Waals surface area contributed by atoms with Crippen LogP contribution < -0.4 is 4.90 Å². The number of methoxy groups -OCH3 is 1. The van der Waals surface area contributed by atoms with Crippen LogP contribution in [0.25, 0.3) is 0 Å². The van der Waals surface area contributed by atoms with Crippen molar-refractivity contribution in [2.45, 2.75) is 6.42 Å². The molecule has 0 saturated carbocycles. The van der Waals surface area contributed by atoms with Gasteiger partial charge in [0.2, 0.25) is 0 Å². The minimum Gasteiger partial charge on any atom is -0.382 e. The lowest BCUT2D eigenvalue weighted by molar-refractivity contribution is 0.0549. The smallest absolute Gasteiger partial charge is 0.101 e. The zero-order valence-electron chi connectivity index (χ0n) is 11.6. The predicted molar refractivity (Wildman–Crippen MR) is 79.2 cm³/mol. The first-order valence-corrected chi connectivity index (χ1v) is 7.14. The summed E-state index contributed by atoms with van der Waals surface area (Å²) < 4.78 is 10.5. The third-order valence-electron chi connectivity index (χ3n) is 3.49. The number of benzene rings is 1. The lowest BCUT2D eigenvalue weighted by Crippen LogP contribution is -2.22. The van der Waals surface area contributed by atoms with Gasteiger partial charge in [-0.1, -0.05) is 17.7 Å². The second kappa shape index (κ2) is 7.49. The number of anilines is 1. The van der Waals surface area contributed by atoms with Gasteiger partial charge in [-0.2, -0.15) is 5.26 Å². The van der Waals surface area contributed by atoms with Crippen LogP contribution in [0.3, 0.4) is 0 Å². The molecule has 1 aromatic rings. The summed E-state index contributed by atoms with van der Waals surface area (Å²) in [5.41, 5.74) is 1.49. The van der Waals surface area contributed by atoms with Crippen LogP contribution in [0.1, 0.15) is 12.0 Å². The molecule has 0 N–H and O–H groups in total. The number of hydrogen-bond donors (Lipinski definition) is 0. The maximum Gasteiger partial charge on any atom is 0.101 e. The van der Waals surface area contributed by atoms with Gasteiger partial charge >= 0.3 is 0 Å². The van der Waals surface area contributed by atoms with Gasteiger partial charge in [0.15, 0.2) is 0 Å². The number of ether oxygens (including phenoxy) is 2. The first-order chi connectivity index (χ1) is 9.76. The molecule has 0 aliphatic carbocycles. The highest BCUT2D eigenvalue weighted by Crippen LogP contribution is 2.33. The summed E-state index contributed by atoms with van der Waals surface area (Å²) in [6.45, 7) is 3.77. The van der Waals surface area contributed by atoms with Crippen molar-refractivity contribution in [2.24, 2.45) is 5.92 Å². The van der Waals surface area contributed by atoms with E-state index in [-0.39, 0.29) is 0 Å². The number of nitriles is 1. The van der Waals surface area contributed by atoms with Gasteiger partial charge in [0.05, 0.1) is 36.1 Å². The third-order valence-corrected chi connectivity index (χ3v) is 3.80. The summed E-state index contributed by atoms with van der Waals surface area (Å²) in [5, 5.41) is 9.84. The molecule has 1 atom stereocenters. The molecule has 1 aliphatic heterocycles. The molecule has 1 heterocycles. The second-order valence-corrected chi connectivity index (χ2v) is 5.32. The molecule has 1 fully saturated rings. The van der Waals surface area contributed by atoms with Gasteiger partial charge in [0, 0.05) is 26.1 Å². The fourth-order valence-electron chi connectivity index (χ4n) is 2.49.